The van der Waals surface area contributed by atoms with Crippen LogP contribution in [-0.4, -0.2) is 12.0 Å². The fraction of sp³-hybridized carbons (Fsp3) is 0.545. The maximum absolute atomic E-state index is 11.2. The second-order valence-corrected chi connectivity index (χ2v) is 3.70. The second-order valence-electron chi connectivity index (χ2n) is 3.70. The van der Waals surface area contributed by atoms with Crippen LogP contribution in [0, 0.1) is 6.92 Å². The van der Waals surface area contributed by atoms with Crippen LogP contribution in [0.4, 0.5) is 0 Å². The van der Waals surface area contributed by atoms with Crippen molar-refractivity contribution in [3.63, 3.8) is 0 Å². The van der Waals surface area contributed by atoms with Gasteiger partial charge in [0.1, 0.15) is 5.76 Å². The van der Waals surface area contributed by atoms with Gasteiger partial charge in [0.05, 0.1) is 12.7 Å². The molecule has 0 fully saturated rings. The summed E-state index contributed by atoms with van der Waals surface area (Å²) in [5.41, 5.74) is 2.90. The highest BCUT2D eigenvalue weighted by molar-refractivity contribution is 5.91. The lowest BCUT2D eigenvalue weighted by Gasteiger charge is -2.09. The van der Waals surface area contributed by atoms with Crippen LogP contribution < -0.4 is 11.3 Å². The van der Waals surface area contributed by atoms with E-state index in [0.29, 0.717) is 12.4 Å². The minimum absolute atomic E-state index is 0.195. The summed E-state index contributed by atoms with van der Waals surface area (Å²) in [6.07, 6.45) is 1.15. The highest BCUT2D eigenvalue weighted by Gasteiger charge is 2.13. The largest absolute Gasteiger partial charge is 0.456 e. The summed E-state index contributed by atoms with van der Waals surface area (Å²) in [5, 5.41) is 0. The third-order valence-electron chi connectivity index (χ3n) is 2.47. The molecule has 1 unspecified atom stereocenters. The van der Waals surface area contributed by atoms with Crippen molar-refractivity contribution in [2.45, 2.75) is 39.9 Å². The molecule has 0 aliphatic rings. The number of hydrogen-bond acceptors (Lipinski definition) is 4. The summed E-state index contributed by atoms with van der Waals surface area (Å²) < 4.78 is 10.8. The number of carbonyl (C=O) groups excluding carboxylic acids is 1. The molecule has 1 amide bonds. The number of nitrogen functional groups attached to an aromatic ring is 1. The molecule has 1 atom stereocenters. The fourth-order valence-corrected chi connectivity index (χ4v) is 1.20. The second kappa shape index (κ2) is 5.67. The molecule has 0 spiro atoms. The zero-order chi connectivity index (χ0) is 12.1. The van der Waals surface area contributed by atoms with Crippen LogP contribution in [0.25, 0.3) is 0 Å². The number of nitrogens with one attached hydrogen (secondary N) is 1. The first-order valence-corrected chi connectivity index (χ1v) is 5.30. The molecule has 5 nitrogen and oxygen atoms in total. The van der Waals surface area contributed by atoms with Gasteiger partial charge in [0.2, 0.25) is 0 Å². The minimum Gasteiger partial charge on any atom is -0.456 e. The monoisotopic (exact) mass is 226 g/mol. The number of hydrazine groups is 1. The first kappa shape index (κ1) is 12.7. The summed E-state index contributed by atoms with van der Waals surface area (Å²) in [6.45, 7) is 6.30. The Labute approximate surface area is 94.9 Å². The van der Waals surface area contributed by atoms with Gasteiger partial charge in [-0.2, -0.15) is 0 Å². The van der Waals surface area contributed by atoms with Crippen LogP contribution in [0.15, 0.2) is 10.5 Å². The fourth-order valence-electron chi connectivity index (χ4n) is 1.20. The molecule has 16 heavy (non-hydrogen) atoms. The lowest BCUT2D eigenvalue weighted by Crippen LogP contribution is -2.29. The van der Waals surface area contributed by atoms with Crippen LogP contribution in [0.1, 0.15) is 42.1 Å². The maximum Gasteiger partial charge on any atom is 0.300 e. The van der Waals surface area contributed by atoms with Gasteiger partial charge in [-0.3, -0.25) is 10.2 Å². The summed E-state index contributed by atoms with van der Waals surface area (Å²) >= 11 is 0. The molecule has 1 rings (SSSR count). The third-order valence-corrected chi connectivity index (χ3v) is 2.47. The van der Waals surface area contributed by atoms with Gasteiger partial charge in [0.25, 0.3) is 0 Å². The molecule has 5 heteroatoms. The highest BCUT2D eigenvalue weighted by atomic mass is 16.5. The van der Waals surface area contributed by atoms with E-state index in [2.05, 4.69) is 6.92 Å². The van der Waals surface area contributed by atoms with Crippen molar-refractivity contribution in [3.05, 3.63) is 23.2 Å². The normalized spacial score (nSPS) is 12.5. The van der Waals surface area contributed by atoms with Gasteiger partial charge < -0.3 is 9.15 Å². The highest BCUT2D eigenvalue weighted by Crippen LogP contribution is 2.16. The van der Waals surface area contributed by atoms with Gasteiger partial charge in [0.15, 0.2) is 5.76 Å². The Hall–Kier alpha value is -1.33. The predicted octanol–water partition coefficient (Wildman–Crippen LogP) is 1.51. The van der Waals surface area contributed by atoms with Crippen molar-refractivity contribution in [1.82, 2.24) is 5.43 Å². The maximum atomic E-state index is 11.2. The van der Waals surface area contributed by atoms with Gasteiger partial charge in [-0.25, -0.2) is 5.84 Å². The summed E-state index contributed by atoms with van der Waals surface area (Å²) in [5.74, 6) is 5.48. The van der Waals surface area contributed by atoms with Gasteiger partial charge in [-0.05, 0) is 26.3 Å². The van der Waals surface area contributed by atoms with Gasteiger partial charge in [0, 0.05) is 5.56 Å². The molecule has 1 aromatic rings. The van der Waals surface area contributed by atoms with Crippen LogP contribution >= 0.6 is 0 Å². The average Bonchev–Trinajstić information content (AvgIpc) is 2.66. The summed E-state index contributed by atoms with van der Waals surface area (Å²) in [4.78, 5) is 11.2. The smallest absolute Gasteiger partial charge is 0.300 e. The molecular weight excluding hydrogens is 208 g/mol. The Morgan fingerprint density at radius 1 is 1.69 bits per heavy atom. The van der Waals surface area contributed by atoms with Gasteiger partial charge in [-0.15, -0.1) is 0 Å². The number of nitrogens with two attached hydrogens (primary N) is 1. The number of furan rings is 1. The van der Waals surface area contributed by atoms with Crippen molar-refractivity contribution in [2.24, 2.45) is 5.84 Å². The Kier molecular flexibility index (Phi) is 4.52. The van der Waals surface area contributed by atoms with E-state index in [9.17, 15) is 4.79 Å². The Balaban J connectivity index is 2.67. The standard InChI is InChI=1S/C11H18N2O3/c1-4-7(2)15-6-9-5-10(11(14)13-12)16-8(9)3/h5,7H,4,6,12H2,1-3H3,(H,13,14). The molecule has 1 aromatic heterocycles. The number of ether oxygens (including phenoxy) is 1. The van der Waals surface area contributed by atoms with Crippen molar-refractivity contribution in [3.8, 4) is 0 Å². The van der Waals surface area contributed by atoms with Crippen LogP contribution in [-0.2, 0) is 11.3 Å². The van der Waals surface area contributed by atoms with E-state index in [1.54, 1.807) is 13.0 Å². The predicted molar refractivity (Wildman–Crippen MR) is 59.6 cm³/mol. The SMILES string of the molecule is CCC(C)OCc1cc(C(=O)NN)oc1C. The first-order chi connectivity index (χ1) is 7.58. The van der Waals surface area contributed by atoms with Crippen LogP contribution in [0.5, 0.6) is 0 Å². The van der Waals surface area contributed by atoms with Gasteiger partial charge in [-0.1, -0.05) is 6.92 Å². The zero-order valence-electron chi connectivity index (χ0n) is 9.87. The molecule has 0 aliphatic heterocycles. The molecule has 0 bridgehead atoms. The summed E-state index contributed by atoms with van der Waals surface area (Å²) in [7, 11) is 0. The van der Waals surface area contributed by atoms with Crippen molar-refractivity contribution >= 4 is 5.91 Å². The molecule has 90 valence electrons. The zero-order valence-corrected chi connectivity index (χ0v) is 9.87. The van der Waals surface area contributed by atoms with E-state index in [1.807, 2.05) is 12.3 Å². The van der Waals surface area contributed by atoms with E-state index >= 15 is 0 Å². The third kappa shape index (κ3) is 3.08. The van der Waals surface area contributed by atoms with Crippen LogP contribution in [0.2, 0.25) is 0 Å². The minimum atomic E-state index is -0.433. The molecule has 0 aromatic carbocycles. The lowest BCUT2D eigenvalue weighted by atomic mass is 10.2. The van der Waals surface area contributed by atoms with Gasteiger partial charge >= 0.3 is 5.91 Å². The molecule has 0 radical (unpaired) electrons. The van der Waals surface area contributed by atoms with E-state index < -0.39 is 5.91 Å². The van der Waals surface area contributed by atoms with E-state index in [4.69, 9.17) is 15.0 Å². The lowest BCUT2D eigenvalue weighted by molar-refractivity contribution is 0.0502. The Morgan fingerprint density at radius 3 is 2.94 bits per heavy atom. The van der Waals surface area contributed by atoms with Crippen molar-refractivity contribution in [2.75, 3.05) is 0 Å². The summed E-state index contributed by atoms with van der Waals surface area (Å²) in [6, 6.07) is 1.65. The average molecular weight is 226 g/mol. The molecule has 0 saturated heterocycles. The molecule has 0 saturated carbocycles. The van der Waals surface area contributed by atoms with Crippen molar-refractivity contribution in [1.29, 1.82) is 0 Å². The Morgan fingerprint density at radius 2 is 2.38 bits per heavy atom. The molecule has 0 aliphatic carbocycles. The molecule has 3 N–H and O–H groups in total. The Bertz CT molecular complexity index is 360. The number of carbonyl (C=O) groups is 1. The number of aryl methyl sites for hydroxylation is 1. The van der Waals surface area contributed by atoms with E-state index in [-0.39, 0.29) is 11.9 Å². The number of rotatable bonds is 5. The number of amides is 1. The van der Waals surface area contributed by atoms with Crippen molar-refractivity contribution < 1.29 is 13.9 Å². The molecule has 1 heterocycles. The number of hydrogen-bond donors (Lipinski definition) is 2. The van der Waals surface area contributed by atoms with E-state index in [0.717, 1.165) is 12.0 Å². The van der Waals surface area contributed by atoms with E-state index in [1.165, 1.54) is 0 Å². The molecular formula is C11H18N2O3. The van der Waals surface area contributed by atoms with Crippen LogP contribution in [0.3, 0.4) is 0 Å². The quantitative estimate of drug-likeness (QED) is 0.453. The first-order valence-electron chi connectivity index (χ1n) is 5.30. The topological polar surface area (TPSA) is 77.5 Å².